The highest BCUT2D eigenvalue weighted by molar-refractivity contribution is 6.08. The van der Waals surface area contributed by atoms with Crippen LogP contribution in [0.5, 0.6) is 0 Å². The van der Waals surface area contributed by atoms with E-state index in [2.05, 4.69) is 104 Å². The Morgan fingerprint density at radius 1 is 0.744 bits per heavy atom. The first-order valence-electron chi connectivity index (χ1n) is 14.0. The van der Waals surface area contributed by atoms with Crippen LogP contribution in [0, 0.1) is 0 Å². The van der Waals surface area contributed by atoms with Gasteiger partial charge in [-0.05, 0) is 65.9 Å². The Kier molecular flexibility index (Phi) is 6.02. The Hall–Kier alpha value is -4.21. The third-order valence-corrected chi connectivity index (χ3v) is 8.52. The summed E-state index contributed by atoms with van der Waals surface area (Å²) in [6.45, 7) is 2.22. The number of benzene rings is 5. The molecule has 0 fully saturated rings. The molecule has 0 spiro atoms. The summed E-state index contributed by atoms with van der Waals surface area (Å²) in [7, 11) is 2.23. The zero-order valence-corrected chi connectivity index (χ0v) is 22.5. The first-order chi connectivity index (χ1) is 19.2. The molecule has 0 saturated carbocycles. The molecular formula is C36H32N2O. The summed E-state index contributed by atoms with van der Waals surface area (Å²) in [5.41, 5.74) is 5.96. The van der Waals surface area contributed by atoms with Gasteiger partial charge in [0.05, 0.1) is 6.04 Å². The lowest BCUT2D eigenvalue weighted by molar-refractivity contribution is 0.148. The number of aryl methyl sites for hydroxylation is 1. The molecule has 0 amide bonds. The van der Waals surface area contributed by atoms with Crippen LogP contribution in [0.15, 0.2) is 114 Å². The van der Waals surface area contributed by atoms with E-state index in [0.29, 0.717) is 6.04 Å². The van der Waals surface area contributed by atoms with E-state index in [1.807, 2.05) is 24.3 Å². The molecule has 1 heterocycles. The number of hydrogen-bond acceptors (Lipinski definition) is 3. The standard InChI is InChI=1S/C36H32N2O/c1-24(36-37-34(26-13-5-3-6-14-26)35(39-36)27-15-7-4-8-16-27)38(2)33-19-11-18-29-31-21-20-25-12-9-10-17-28(25)30(31)22-23-32(29)33/h3-10,12-17,20-24,33H,11,18-19H2,1-2H3. The van der Waals surface area contributed by atoms with Crippen molar-refractivity contribution in [2.45, 2.75) is 38.3 Å². The quantitative estimate of drug-likeness (QED) is 0.217. The molecule has 39 heavy (non-hydrogen) atoms. The minimum Gasteiger partial charge on any atom is -0.438 e. The van der Waals surface area contributed by atoms with Gasteiger partial charge < -0.3 is 4.42 Å². The van der Waals surface area contributed by atoms with Gasteiger partial charge in [0, 0.05) is 17.2 Å². The summed E-state index contributed by atoms with van der Waals surface area (Å²) in [5.74, 6) is 1.59. The van der Waals surface area contributed by atoms with Crippen LogP contribution in [0.4, 0.5) is 0 Å². The van der Waals surface area contributed by atoms with E-state index < -0.39 is 0 Å². The predicted molar refractivity (Wildman–Crippen MR) is 161 cm³/mol. The molecular weight excluding hydrogens is 476 g/mol. The Labute approximate surface area is 229 Å². The molecule has 5 aromatic carbocycles. The average Bonchev–Trinajstić information content (AvgIpc) is 3.46. The number of aromatic nitrogens is 1. The van der Waals surface area contributed by atoms with Gasteiger partial charge in [-0.1, -0.05) is 109 Å². The lowest BCUT2D eigenvalue weighted by atomic mass is 9.82. The zero-order valence-electron chi connectivity index (χ0n) is 22.5. The highest BCUT2D eigenvalue weighted by Gasteiger charge is 2.31. The molecule has 2 unspecified atom stereocenters. The molecule has 1 aliphatic carbocycles. The predicted octanol–water partition coefficient (Wildman–Crippen LogP) is 9.39. The van der Waals surface area contributed by atoms with Crippen LogP contribution >= 0.6 is 0 Å². The van der Waals surface area contributed by atoms with Crippen molar-refractivity contribution >= 4 is 21.5 Å². The van der Waals surface area contributed by atoms with Crippen molar-refractivity contribution < 1.29 is 4.42 Å². The summed E-state index contributed by atoms with van der Waals surface area (Å²) >= 11 is 0. The fraction of sp³-hybridized carbons (Fsp3) is 0.194. The van der Waals surface area contributed by atoms with Crippen molar-refractivity contribution in [1.29, 1.82) is 0 Å². The summed E-state index contributed by atoms with van der Waals surface area (Å²) in [4.78, 5) is 7.56. The Bertz CT molecular complexity index is 1710. The fourth-order valence-corrected chi connectivity index (χ4v) is 6.35. The van der Waals surface area contributed by atoms with Crippen LogP contribution in [-0.2, 0) is 6.42 Å². The van der Waals surface area contributed by atoms with Gasteiger partial charge in [0.2, 0.25) is 5.89 Å². The molecule has 3 nitrogen and oxygen atoms in total. The maximum atomic E-state index is 6.58. The number of hydrogen-bond donors (Lipinski definition) is 0. The van der Waals surface area contributed by atoms with Crippen molar-refractivity contribution in [3.05, 3.63) is 126 Å². The Balaban J connectivity index is 1.28. The zero-order chi connectivity index (χ0) is 26.3. The minimum atomic E-state index is 0.0215. The molecule has 7 rings (SSSR count). The number of nitrogens with zero attached hydrogens (tertiary/aromatic N) is 2. The van der Waals surface area contributed by atoms with Crippen molar-refractivity contribution in [2.24, 2.45) is 0 Å². The number of fused-ring (bicyclic) bond motifs is 5. The molecule has 3 heteroatoms. The van der Waals surface area contributed by atoms with E-state index in [9.17, 15) is 0 Å². The first kappa shape index (κ1) is 23.9. The van der Waals surface area contributed by atoms with E-state index >= 15 is 0 Å². The Morgan fingerprint density at radius 3 is 2.23 bits per heavy atom. The van der Waals surface area contributed by atoms with Gasteiger partial charge >= 0.3 is 0 Å². The summed E-state index contributed by atoms with van der Waals surface area (Å²) in [6.07, 6.45) is 3.43. The van der Waals surface area contributed by atoms with Crippen molar-refractivity contribution in [3.63, 3.8) is 0 Å². The molecule has 0 bridgehead atoms. The van der Waals surface area contributed by atoms with Gasteiger partial charge in [0.1, 0.15) is 5.69 Å². The van der Waals surface area contributed by atoms with Crippen LogP contribution in [-0.4, -0.2) is 16.9 Å². The van der Waals surface area contributed by atoms with Crippen molar-refractivity contribution in [3.8, 4) is 22.6 Å². The van der Waals surface area contributed by atoms with E-state index in [-0.39, 0.29) is 6.04 Å². The fourth-order valence-electron chi connectivity index (χ4n) is 6.35. The van der Waals surface area contributed by atoms with E-state index in [1.165, 1.54) is 39.1 Å². The number of rotatable bonds is 5. The third kappa shape index (κ3) is 4.14. The van der Waals surface area contributed by atoms with E-state index in [0.717, 1.165) is 41.3 Å². The second-order valence-electron chi connectivity index (χ2n) is 10.7. The van der Waals surface area contributed by atoms with Gasteiger partial charge in [0.25, 0.3) is 0 Å². The minimum absolute atomic E-state index is 0.0215. The number of oxazole rings is 1. The molecule has 0 radical (unpaired) electrons. The maximum absolute atomic E-state index is 6.58. The third-order valence-electron chi connectivity index (χ3n) is 8.52. The van der Waals surface area contributed by atoms with Gasteiger partial charge in [-0.2, -0.15) is 0 Å². The smallest absolute Gasteiger partial charge is 0.212 e. The van der Waals surface area contributed by atoms with Gasteiger partial charge in [-0.25, -0.2) is 4.98 Å². The second-order valence-corrected chi connectivity index (χ2v) is 10.7. The SMILES string of the molecule is CC(c1nc(-c2ccccc2)c(-c2ccccc2)o1)N(C)C1CCCc2c1ccc1c2ccc2ccccc21. The second kappa shape index (κ2) is 9.83. The Morgan fingerprint density at radius 2 is 1.44 bits per heavy atom. The lowest BCUT2D eigenvalue weighted by Gasteiger charge is -2.36. The molecule has 0 N–H and O–H groups in total. The largest absolute Gasteiger partial charge is 0.438 e. The molecule has 0 aliphatic heterocycles. The van der Waals surface area contributed by atoms with Crippen LogP contribution in [0.3, 0.4) is 0 Å². The van der Waals surface area contributed by atoms with Crippen LogP contribution in [0.25, 0.3) is 44.1 Å². The molecule has 1 aliphatic rings. The maximum Gasteiger partial charge on any atom is 0.212 e. The van der Waals surface area contributed by atoms with Crippen molar-refractivity contribution in [2.75, 3.05) is 7.05 Å². The summed E-state index contributed by atoms with van der Waals surface area (Å²) in [6, 6.07) is 39.0. The van der Waals surface area contributed by atoms with Crippen LogP contribution < -0.4 is 0 Å². The molecule has 6 aromatic rings. The lowest BCUT2D eigenvalue weighted by Crippen LogP contribution is -2.30. The first-order valence-corrected chi connectivity index (χ1v) is 14.0. The topological polar surface area (TPSA) is 29.3 Å². The van der Waals surface area contributed by atoms with Gasteiger partial charge in [-0.3, -0.25) is 4.90 Å². The van der Waals surface area contributed by atoms with Gasteiger partial charge in [-0.15, -0.1) is 0 Å². The monoisotopic (exact) mass is 508 g/mol. The van der Waals surface area contributed by atoms with Crippen LogP contribution in [0.2, 0.25) is 0 Å². The highest BCUT2D eigenvalue weighted by atomic mass is 16.4. The normalized spacial score (nSPS) is 16.0. The van der Waals surface area contributed by atoms with Crippen molar-refractivity contribution in [1.82, 2.24) is 9.88 Å². The molecule has 192 valence electrons. The highest BCUT2D eigenvalue weighted by Crippen LogP contribution is 2.43. The van der Waals surface area contributed by atoms with Gasteiger partial charge in [0.15, 0.2) is 5.76 Å². The average molecular weight is 509 g/mol. The van der Waals surface area contributed by atoms with E-state index in [4.69, 9.17) is 9.40 Å². The van der Waals surface area contributed by atoms with E-state index in [1.54, 1.807) is 0 Å². The molecule has 1 aromatic heterocycles. The van der Waals surface area contributed by atoms with Crippen LogP contribution in [0.1, 0.15) is 48.9 Å². The summed E-state index contributed by atoms with van der Waals surface area (Å²) in [5, 5.41) is 5.39. The molecule has 2 atom stereocenters. The molecule has 0 saturated heterocycles. The summed E-state index contributed by atoms with van der Waals surface area (Å²) < 4.78 is 6.58.